The summed E-state index contributed by atoms with van der Waals surface area (Å²) in [6.45, 7) is 16.4. The van der Waals surface area contributed by atoms with Crippen LogP contribution < -0.4 is 4.90 Å². The van der Waals surface area contributed by atoms with Gasteiger partial charge >= 0.3 is 12.2 Å². The number of halogens is 1. The number of pyridine rings is 1. The number of benzene rings is 2. The molecule has 2 aromatic carbocycles. The van der Waals surface area contributed by atoms with Crippen LogP contribution in [-0.4, -0.2) is 101 Å². The average molecular weight is 810 g/mol. The molecule has 1 fully saturated rings. The van der Waals surface area contributed by atoms with Gasteiger partial charge in [-0.25, -0.2) is 19.3 Å². The van der Waals surface area contributed by atoms with Gasteiger partial charge in [-0.2, -0.15) is 5.10 Å². The second-order valence-corrected chi connectivity index (χ2v) is 22.0. The number of ether oxygens (including phenoxy) is 3. The van der Waals surface area contributed by atoms with E-state index in [9.17, 15) is 14.7 Å². The van der Waals surface area contributed by atoms with Gasteiger partial charge in [-0.3, -0.25) is 0 Å². The number of aromatic nitrogens is 3. The zero-order valence-corrected chi connectivity index (χ0v) is 34.4. The van der Waals surface area contributed by atoms with Crippen LogP contribution in [0.25, 0.3) is 22.2 Å². The van der Waals surface area contributed by atoms with E-state index in [1.54, 1.807) is 16.0 Å². The van der Waals surface area contributed by atoms with Crippen LogP contribution in [0.3, 0.4) is 0 Å². The smallest absolute Gasteiger partial charge is 0.410 e. The van der Waals surface area contributed by atoms with Crippen LogP contribution >= 0.6 is 15.9 Å². The van der Waals surface area contributed by atoms with Crippen LogP contribution in [0.4, 0.5) is 15.3 Å². The summed E-state index contributed by atoms with van der Waals surface area (Å²) in [4.78, 5) is 36.6. The molecule has 5 rings (SSSR count). The molecule has 53 heavy (non-hydrogen) atoms. The average Bonchev–Trinajstić information content (AvgIpc) is 3.47. The fourth-order valence-corrected chi connectivity index (χ4v) is 7.11. The number of carbonyl (C=O) groups is 2. The minimum atomic E-state index is -1.25. The van der Waals surface area contributed by atoms with E-state index in [1.165, 1.54) is 0 Å². The molecular weight excluding hydrogens is 756 g/mol. The summed E-state index contributed by atoms with van der Waals surface area (Å²) in [6, 6.07) is 18.9. The van der Waals surface area contributed by atoms with Crippen molar-refractivity contribution in [3.05, 3.63) is 76.5 Å². The molecule has 0 unspecified atom stereocenters. The van der Waals surface area contributed by atoms with Gasteiger partial charge in [0.15, 0.2) is 0 Å². The van der Waals surface area contributed by atoms with Crippen molar-refractivity contribution in [3.63, 3.8) is 0 Å². The lowest BCUT2D eigenvalue weighted by atomic mass is 10.0. The Morgan fingerprint density at radius 1 is 1.02 bits per heavy atom. The number of carbonyl (C=O) groups excluding carboxylic acids is 2. The summed E-state index contributed by atoms with van der Waals surface area (Å²) in [5, 5.41) is 15.7. The Balaban J connectivity index is 1.44. The van der Waals surface area contributed by atoms with Crippen LogP contribution in [0.15, 0.2) is 65.4 Å². The molecule has 0 saturated carbocycles. The molecule has 0 spiro atoms. The second-order valence-electron chi connectivity index (χ2n) is 15.6. The molecule has 0 bridgehead atoms. The van der Waals surface area contributed by atoms with E-state index in [2.05, 4.69) is 63.7 Å². The summed E-state index contributed by atoms with van der Waals surface area (Å²) in [6.07, 6.45) is 1.42. The fraction of sp³-hybridized carbons (Fsp3) is 0.487. The Morgan fingerprint density at radius 2 is 1.75 bits per heavy atom. The van der Waals surface area contributed by atoms with Gasteiger partial charge in [-0.15, -0.1) is 0 Å². The third-order valence-electron chi connectivity index (χ3n) is 8.85. The van der Waals surface area contributed by atoms with E-state index < -0.39 is 19.8 Å². The number of rotatable bonds is 14. The van der Waals surface area contributed by atoms with Gasteiger partial charge in [-0.05, 0) is 78.5 Å². The third kappa shape index (κ3) is 11.5. The summed E-state index contributed by atoms with van der Waals surface area (Å²) in [5.41, 5.74) is 4.61. The zero-order valence-electron chi connectivity index (χ0n) is 31.8. The number of hydrogen-bond acceptors (Lipinski definition) is 9. The van der Waals surface area contributed by atoms with E-state index in [-0.39, 0.29) is 25.9 Å². The predicted molar refractivity (Wildman–Crippen MR) is 214 cm³/mol. The monoisotopic (exact) mass is 808 g/mol. The Hall–Kier alpha value is -3.98. The molecule has 12 nitrogen and oxygen atoms in total. The Morgan fingerprint density at radius 3 is 2.43 bits per heavy atom. The van der Waals surface area contributed by atoms with Gasteiger partial charge in [0.2, 0.25) is 0 Å². The van der Waals surface area contributed by atoms with E-state index in [0.717, 1.165) is 45.0 Å². The van der Waals surface area contributed by atoms with Gasteiger partial charge in [-0.1, -0.05) is 56.0 Å². The summed E-state index contributed by atoms with van der Waals surface area (Å²) in [7, 11) is -1.25. The van der Waals surface area contributed by atoms with Gasteiger partial charge in [0.05, 0.1) is 18.3 Å². The molecule has 2 aromatic heterocycles. The molecule has 1 aliphatic rings. The SMILES string of the molecule is CC(C)(C)OC(=O)N(CCCO)Cc1cc(-c2nn(COCC[Si](C)(C)C)c3cnc(Br)cc23)ccc1N1CCN(C(=O)OCc2ccccc2)CC1. The molecule has 0 radical (unpaired) electrons. The molecule has 2 amide bonds. The van der Waals surface area contributed by atoms with E-state index in [4.69, 9.17) is 19.3 Å². The van der Waals surface area contributed by atoms with Crippen LogP contribution in [0.1, 0.15) is 38.3 Å². The van der Waals surface area contributed by atoms with Crippen molar-refractivity contribution in [1.82, 2.24) is 24.6 Å². The quantitative estimate of drug-likeness (QED) is 0.0774. The standard InChI is InChI=1S/C39H53BrN6O6Si/c1-39(2,3)52-38(49)45(15-10-20-47)26-31-23-30(36-32-24-35(40)41-25-34(32)46(42-36)28-50-21-22-53(4,5)6)13-14-33(31)43-16-18-44(19-17-43)37(48)51-27-29-11-8-7-9-12-29/h7-9,11-14,23-25,47H,10,15-22,26-28H2,1-6H3. The zero-order chi connectivity index (χ0) is 38.2. The van der Waals surface area contributed by atoms with Crippen molar-refractivity contribution in [1.29, 1.82) is 0 Å². The molecule has 0 atom stereocenters. The van der Waals surface area contributed by atoms with Crippen molar-refractivity contribution in [2.75, 3.05) is 50.8 Å². The molecule has 14 heteroatoms. The Bertz CT molecular complexity index is 1840. The number of aliphatic hydroxyl groups excluding tert-OH is 1. The Labute approximate surface area is 322 Å². The number of amides is 2. The first kappa shape index (κ1) is 40.2. The van der Waals surface area contributed by atoms with Gasteiger partial charge in [0.25, 0.3) is 0 Å². The third-order valence-corrected chi connectivity index (χ3v) is 11.0. The normalized spacial score (nSPS) is 13.7. The maximum atomic E-state index is 13.5. The van der Waals surface area contributed by atoms with E-state index in [0.29, 0.717) is 57.1 Å². The van der Waals surface area contributed by atoms with Crippen LogP contribution in [0, 0.1) is 0 Å². The highest BCUT2D eigenvalue weighted by atomic mass is 79.9. The van der Waals surface area contributed by atoms with Gasteiger partial charge in [0.1, 0.15) is 29.2 Å². The maximum Gasteiger partial charge on any atom is 0.410 e. The number of nitrogens with zero attached hydrogens (tertiary/aromatic N) is 6. The van der Waals surface area contributed by atoms with Crippen molar-refractivity contribution < 1.29 is 28.9 Å². The van der Waals surface area contributed by atoms with E-state index >= 15 is 0 Å². The minimum absolute atomic E-state index is 0.0547. The molecule has 0 aliphatic carbocycles. The minimum Gasteiger partial charge on any atom is -0.445 e. The molecule has 4 aromatic rings. The molecule has 1 saturated heterocycles. The molecule has 1 N–H and O–H groups in total. The first-order chi connectivity index (χ1) is 25.2. The van der Waals surface area contributed by atoms with Crippen molar-refractivity contribution in [2.24, 2.45) is 0 Å². The number of hydrogen-bond donors (Lipinski definition) is 1. The van der Waals surface area contributed by atoms with Gasteiger partial charge in [0, 0.05) is 70.6 Å². The lowest BCUT2D eigenvalue weighted by Gasteiger charge is -2.37. The van der Waals surface area contributed by atoms with E-state index in [1.807, 2.05) is 61.9 Å². The van der Waals surface area contributed by atoms with Crippen molar-refractivity contribution in [2.45, 2.75) is 78.4 Å². The van der Waals surface area contributed by atoms with Gasteiger partial charge < -0.3 is 34.0 Å². The highest BCUT2D eigenvalue weighted by Crippen LogP contribution is 2.34. The van der Waals surface area contributed by atoms with Crippen LogP contribution in [0.5, 0.6) is 0 Å². The topological polar surface area (TPSA) is 122 Å². The molecule has 286 valence electrons. The highest BCUT2D eigenvalue weighted by Gasteiger charge is 2.27. The first-order valence-corrected chi connectivity index (χ1v) is 22.7. The number of aliphatic hydroxyl groups is 1. The summed E-state index contributed by atoms with van der Waals surface area (Å²) in [5.74, 6) is 0. The Kier molecular flexibility index (Phi) is 13.6. The lowest BCUT2D eigenvalue weighted by Crippen LogP contribution is -2.49. The van der Waals surface area contributed by atoms with Crippen molar-refractivity contribution in [3.8, 4) is 11.3 Å². The maximum absolute atomic E-state index is 13.5. The van der Waals surface area contributed by atoms with Crippen LogP contribution in [-0.2, 0) is 34.1 Å². The second kappa shape index (κ2) is 17.9. The van der Waals surface area contributed by atoms with Crippen LogP contribution in [0.2, 0.25) is 25.7 Å². The van der Waals surface area contributed by atoms with Crippen molar-refractivity contribution >= 4 is 52.8 Å². The number of piperazine rings is 1. The lowest BCUT2D eigenvalue weighted by molar-refractivity contribution is 0.0224. The first-order valence-electron chi connectivity index (χ1n) is 18.2. The molecular formula is C39H53BrN6O6Si. The number of anilines is 1. The fourth-order valence-electron chi connectivity index (χ4n) is 6.02. The highest BCUT2D eigenvalue weighted by molar-refractivity contribution is 9.10. The molecule has 1 aliphatic heterocycles. The molecule has 3 heterocycles. The summed E-state index contributed by atoms with van der Waals surface area (Å²) >= 11 is 3.55. The largest absolute Gasteiger partial charge is 0.445 e. The number of fused-ring (bicyclic) bond motifs is 1. The summed E-state index contributed by atoms with van der Waals surface area (Å²) < 4.78 is 20.1. The predicted octanol–water partition coefficient (Wildman–Crippen LogP) is 7.75.